The molecule has 0 saturated carbocycles. The summed E-state index contributed by atoms with van der Waals surface area (Å²) < 4.78 is 19.5. The number of piperazine rings is 1. The predicted octanol–water partition coefficient (Wildman–Crippen LogP) is 3.33. The Balaban J connectivity index is 0.000000180. The fraction of sp³-hybridized carbons (Fsp3) is 0.440. The summed E-state index contributed by atoms with van der Waals surface area (Å²) in [4.78, 5) is 23.5. The summed E-state index contributed by atoms with van der Waals surface area (Å²) >= 11 is 6.18. The lowest BCUT2D eigenvalue weighted by Gasteiger charge is -2.45. The van der Waals surface area contributed by atoms with Crippen LogP contribution in [-0.2, 0) is 16.0 Å². The summed E-state index contributed by atoms with van der Waals surface area (Å²) in [7, 11) is 2.11. The number of aliphatic imine (C=N–C) groups is 1. The largest absolute Gasteiger partial charge is 0.370 e. The van der Waals surface area contributed by atoms with Gasteiger partial charge in [0.1, 0.15) is 30.1 Å². The highest BCUT2D eigenvalue weighted by molar-refractivity contribution is 6.32. The Labute approximate surface area is 219 Å². The molecule has 0 amide bonds. The number of morpholine rings is 1. The van der Waals surface area contributed by atoms with Crippen molar-refractivity contribution in [3.8, 4) is 6.07 Å². The van der Waals surface area contributed by atoms with Gasteiger partial charge in [-0.15, -0.1) is 5.11 Å². The minimum atomic E-state index is -0.584. The van der Waals surface area contributed by atoms with Crippen LogP contribution in [0.15, 0.2) is 39.7 Å². The molecule has 2 aromatic rings. The van der Waals surface area contributed by atoms with Crippen molar-refractivity contribution >= 4 is 30.0 Å². The van der Waals surface area contributed by atoms with Gasteiger partial charge in [0.25, 0.3) is 0 Å². The van der Waals surface area contributed by atoms with Crippen molar-refractivity contribution in [3.63, 3.8) is 0 Å². The Morgan fingerprint density at radius 3 is 2.92 bits per heavy atom. The zero-order valence-electron chi connectivity index (χ0n) is 20.4. The Hall–Kier alpha value is -3.30. The van der Waals surface area contributed by atoms with Gasteiger partial charge in [0.2, 0.25) is 0 Å². The van der Waals surface area contributed by atoms with Crippen LogP contribution in [-0.4, -0.2) is 73.3 Å². The maximum Gasteiger partial charge on any atom is 0.153 e. The molecule has 3 atom stereocenters. The number of nitrogens with two attached hydrogens (primary N) is 1. The number of halogens is 2. The van der Waals surface area contributed by atoms with E-state index in [0.29, 0.717) is 24.0 Å². The van der Waals surface area contributed by atoms with Crippen molar-refractivity contribution in [1.82, 2.24) is 14.8 Å². The first-order valence-corrected chi connectivity index (χ1v) is 12.3. The van der Waals surface area contributed by atoms with Crippen molar-refractivity contribution in [2.75, 3.05) is 39.8 Å². The third kappa shape index (κ3) is 6.17. The van der Waals surface area contributed by atoms with Crippen LogP contribution in [0.1, 0.15) is 40.7 Å². The molecule has 37 heavy (non-hydrogen) atoms. The van der Waals surface area contributed by atoms with Gasteiger partial charge in [0, 0.05) is 49.9 Å². The van der Waals surface area contributed by atoms with Gasteiger partial charge in [0.05, 0.1) is 17.7 Å². The lowest BCUT2D eigenvalue weighted by atomic mass is 10.0. The van der Waals surface area contributed by atoms with Gasteiger partial charge in [-0.2, -0.15) is 5.26 Å². The minimum Gasteiger partial charge on any atom is -0.370 e. The first kappa shape index (κ1) is 26.8. The van der Waals surface area contributed by atoms with E-state index in [2.05, 4.69) is 37.2 Å². The molecule has 0 radical (unpaired) electrons. The highest BCUT2D eigenvalue weighted by Crippen LogP contribution is 2.34. The number of rotatable bonds is 4. The Morgan fingerprint density at radius 1 is 1.32 bits per heavy atom. The minimum absolute atomic E-state index is 0.00995. The van der Waals surface area contributed by atoms with Crippen LogP contribution in [0.2, 0.25) is 5.02 Å². The van der Waals surface area contributed by atoms with E-state index in [1.54, 1.807) is 12.3 Å². The van der Waals surface area contributed by atoms with E-state index in [-0.39, 0.29) is 22.6 Å². The quantitative estimate of drug-likeness (QED) is 0.161. The SMILES string of the molecule is CN1CCN2CC(c3ccc(F)c(C#N)c3Cl)OCC2C1.NN=NC=Nc1cc2c(cn1)C(C=O)CC2. The number of pyridine rings is 1. The summed E-state index contributed by atoms with van der Waals surface area (Å²) in [6.07, 6.45) is 5.45. The molecule has 2 N–H and O–H groups in total. The van der Waals surface area contributed by atoms with Gasteiger partial charge < -0.3 is 20.3 Å². The van der Waals surface area contributed by atoms with Gasteiger partial charge in [-0.1, -0.05) is 22.9 Å². The Bertz CT molecular complexity index is 1230. The molecule has 3 heterocycles. The van der Waals surface area contributed by atoms with E-state index in [1.165, 1.54) is 12.4 Å². The second-order valence-electron chi connectivity index (χ2n) is 9.17. The number of hydrogen-bond donors (Lipinski definition) is 1. The molecule has 194 valence electrons. The number of aromatic nitrogens is 1. The van der Waals surface area contributed by atoms with Crippen molar-refractivity contribution < 1.29 is 13.9 Å². The van der Waals surface area contributed by atoms with Crippen LogP contribution in [0.25, 0.3) is 0 Å². The molecule has 10 nitrogen and oxygen atoms in total. The molecule has 12 heteroatoms. The van der Waals surface area contributed by atoms with Crippen molar-refractivity contribution in [2.24, 2.45) is 21.2 Å². The summed E-state index contributed by atoms with van der Waals surface area (Å²) in [6.45, 7) is 4.38. The summed E-state index contributed by atoms with van der Waals surface area (Å²) in [5, 5.41) is 15.6. The lowest BCUT2D eigenvalue weighted by Crippen LogP contribution is -2.57. The maximum atomic E-state index is 13.5. The van der Waals surface area contributed by atoms with Crippen molar-refractivity contribution in [3.05, 3.63) is 57.5 Å². The smallest absolute Gasteiger partial charge is 0.153 e. The molecule has 1 aliphatic carbocycles. The predicted molar refractivity (Wildman–Crippen MR) is 136 cm³/mol. The first-order chi connectivity index (χ1) is 17.9. The highest BCUT2D eigenvalue weighted by atomic mass is 35.5. The van der Waals surface area contributed by atoms with Crippen LogP contribution < -0.4 is 5.84 Å². The number of aryl methyl sites for hydroxylation is 1. The number of fused-ring (bicyclic) bond motifs is 2. The third-order valence-electron chi connectivity index (χ3n) is 6.88. The van der Waals surface area contributed by atoms with Crippen LogP contribution in [0.4, 0.5) is 10.2 Å². The summed E-state index contributed by atoms with van der Waals surface area (Å²) in [6, 6.07) is 7.00. The monoisotopic (exact) mass is 526 g/mol. The van der Waals surface area contributed by atoms with Crippen molar-refractivity contribution in [1.29, 1.82) is 5.26 Å². The molecule has 0 spiro atoms. The topological polar surface area (TPSA) is 133 Å². The molecular weight excluding hydrogens is 499 g/mol. The zero-order valence-corrected chi connectivity index (χ0v) is 21.2. The van der Waals surface area contributed by atoms with Gasteiger partial charge in [-0.3, -0.25) is 4.90 Å². The third-order valence-corrected chi connectivity index (χ3v) is 7.29. The lowest BCUT2D eigenvalue weighted by molar-refractivity contribution is -0.109. The van der Waals surface area contributed by atoms with E-state index in [0.717, 1.165) is 56.4 Å². The highest BCUT2D eigenvalue weighted by Gasteiger charge is 2.34. The summed E-state index contributed by atoms with van der Waals surface area (Å²) in [5.74, 6) is 4.79. The van der Waals surface area contributed by atoms with Gasteiger partial charge in [0.15, 0.2) is 5.82 Å². The molecule has 5 rings (SSSR count). The van der Waals surface area contributed by atoms with E-state index < -0.39 is 5.82 Å². The standard InChI is InChI=1S/C15H17ClFN3O.C10H11N5O/c1-19-4-5-20-8-14(21-9-10(20)7-19)11-2-3-13(17)12(6-18)15(11)16;11-15-14-6-13-10-3-7-1-2-8(5-16)9(7)4-12-10/h2-3,10,14H,4-5,7-9H2,1H3;3-6,8H,1-2H2,(H2,11,12,13,14). The number of hydrogen-bond acceptors (Lipinski definition) is 8. The average Bonchev–Trinajstić information content (AvgIpc) is 3.32. The van der Waals surface area contributed by atoms with Gasteiger partial charge >= 0.3 is 0 Å². The van der Waals surface area contributed by atoms with Crippen LogP contribution >= 0.6 is 11.6 Å². The first-order valence-electron chi connectivity index (χ1n) is 11.9. The van der Waals surface area contributed by atoms with E-state index in [4.69, 9.17) is 27.4 Å². The number of benzene rings is 1. The second kappa shape index (κ2) is 12.3. The number of nitriles is 1. The number of nitrogens with zero attached hydrogens (tertiary/aromatic N) is 7. The van der Waals surface area contributed by atoms with E-state index >= 15 is 0 Å². The maximum absolute atomic E-state index is 13.5. The van der Waals surface area contributed by atoms with Crippen LogP contribution in [0, 0.1) is 17.1 Å². The molecular formula is C25H28ClFN8O2. The van der Waals surface area contributed by atoms with Gasteiger partial charge in [-0.05, 0) is 43.1 Å². The van der Waals surface area contributed by atoms with Crippen LogP contribution in [0.5, 0.6) is 0 Å². The van der Waals surface area contributed by atoms with Gasteiger partial charge in [-0.25, -0.2) is 14.4 Å². The van der Waals surface area contributed by atoms with Crippen LogP contribution in [0.3, 0.4) is 0 Å². The second-order valence-corrected chi connectivity index (χ2v) is 9.55. The van der Waals surface area contributed by atoms with E-state index in [1.807, 2.05) is 12.1 Å². The molecule has 2 fully saturated rings. The fourth-order valence-electron chi connectivity index (χ4n) is 4.89. The van der Waals surface area contributed by atoms with E-state index in [9.17, 15) is 9.18 Å². The molecule has 1 aromatic heterocycles. The molecule has 0 bridgehead atoms. The average molecular weight is 527 g/mol. The molecule has 3 aliphatic rings. The van der Waals surface area contributed by atoms with Crippen molar-refractivity contribution in [2.45, 2.75) is 30.9 Å². The number of ether oxygens (including phenoxy) is 1. The normalized spacial score (nSPS) is 23.8. The molecule has 2 saturated heterocycles. The number of aldehydes is 1. The molecule has 2 aliphatic heterocycles. The number of carbonyl (C=O) groups is 1. The Kier molecular flexibility index (Phi) is 8.89. The summed E-state index contributed by atoms with van der Waals surface area (Å²) in [5.41, 5.74) is 2.74. The fourth-order valence-corrected chi connectivity index (χ4v) is 5.20. The number of carbonyl (C=O) groups excluding carboxylic acids is 1. The molecule has 3 unspecified atom stereocenters. The Morgan fingerprint density at radius 2 is 2.16 bits per heavy atom. The molecule has 1 aromatic carbocycles. The zero-order chi connectivity index (χ0) is 26.4. The number of likely N-dealkylation sites (N-methyl/N-ethyl adjacent to an activating group) is 1.